The van der Waals surface area contributed by atoms with Crippen LogP contribution in [0.1, 0.15) is 13.3 Å². The van der Waals surface area contributed by atoms with Crippen LogP contribution in [0, 0.1) is 5.92 Å². The van der Waals surface area contributed by atoms with Crippen LogP contribution in [-0.2, 0) is 0 Å². The fraction of sp³-hybridized carbons (Fsp3) is 0.538. The van der Waals surface area contributed by atoms with E-state index >= 15 is 0 Å². The second-order valence-electron chi connectivity index (χ2n) is 4.48. The molecule has 0 radical (unpaired) electrons. The average Bonchev–Trinajstić information content (AvgIpc) is 2.30. The van der Waals surface area contributed by atoms with Crippen LogP contribution >= 0.6 is 0 Å². The summed E-state index contributed by atoms with van der Waals surface area (Å²) in [6.45, 7) is 4.62. The fourth-order valence-corrected chi connectivity index (χ4v) is 2.43. The van der Waals surface area contributed by atoms with Gasteiger partial charge in [0, 0.05) is 18.8 Å². The Kier molecular flexibility index (Phi) is 3.27. The van der Waals surface area contributed by atoms with Crippen molar-refractivity contribution in [3.63, 3.8) is 0 Å². The van der Waals surface area contributed by atoms with Gasteiger partial charge in [0.15, 0.2) is 0 Å². The summed E-state index contributed by atoms with van der Waals surface area (Å²) >= 11 is 0. The van der Waals surface area contributed by atoms with Gasteiger partial charge < -0.3 is 10.2 Å². The maximum absolute atomic E-state index is 3.44. The Balaban J connectivity index is 2.09. The van der Waals surface area contributed by atoms with Gasteiger partial charge in [-0.25, -0.2) is 0 Å². The highest BCUT2D eigenvalue weighted by molar-refractivity contribution is 5.46. The van der Waals surface area contributed by atoms with E-state index in [4.69, 9.17) is 0 Å². The molecule has 82 valence electrons. The molecular formula is C13H20N2. The number of benzene rings is 1. The van der Waals surface area contributed by atoms with Gasteiger partial charge in [0.25, 0.3) is 0 Å². The molecule has 2 unspecified atom stereocenters. The lowest BCUT2D eigenvalue weighted by molar-refractivity contribution is 0.339. The number of nitrogens with zero attached hydrogens (tertiary/aromatic N) is 1. The smallest absolute Gasteiger partial charge is 0.0366 e. The highest BCUT2D eigenvalue weighted by atomic mass is 15.2. The van der Waals surface area contributed by atoms with Gasteiger partial charge in [-0.2, -0.15) is 0 Å². The van der Waals surface area contributed by atoms with Crippen LogP contribution in [0.3, 0.4) is 0 Å². The molecule has 1 aromatic carbocycles. The SMILES string of the molecule is CC1CNCCC1N(C)c1ccccc1. The minimum atomic E-state index is 0.675. The van der Waals surface area contributed by atoms with Crippen molar-refractivity contribution in [3.8, 4) is 0 Å². The summed E-state index contributed by atoms with van der Waals surface area (Å²) in [4.78, 5) is 2.42. The zero-order valence-electron chi connectivity index (χ0n) is 9.61. The molecular weight excluding hydrogens is 184 g/mol. The monoisotopic (exact) mass is 204 g/mol. The number of anilines is 1. The van der Waals surface area contributed by atoms with Crippen LogP contribution in [-0.4, -0.2) is 26.2 Å². The summed E-state index contributed by atoms with van der Waals surface area (Å²) in [6, 6.07) is 11.3. The lowest BCUT2D eigenvalue weighted by atomic mass is 9.94. The van der Waals surface area contributed by atoms with E-state index in [-0.39, 0.29) is 0 Å². The summed E-state index contributed by atoms with van der Waals surface area (Å²) in [5, 5.41) is 3.44. The molecule has 1 aliphatic rings. The number of hydrogen-bond acceptors (Lipinski definition) is 2. The van der Waals surface area contributed by atoms with Crippen LogP contribution in [0.25, 0.3) is 0 Å². The third-order valence-corrected chi connectivity index (χ3v) is 3.40. The quantitative estimate of drug-likeness (QED) is 0.794. The Hall–Kier alpha value is -1.02. The van der Waals surface area contributed by atoms with E-state index < -0.39 is 0 Å². The summed E-state index contributed by atoms with van der Waals surface area (Å²) < 4.78 is 0. The lowest BCUT2D eigenvalue weighted by Crippen LogP contribution is -2.47. The summed E-state index contributed by atoms with van der Waals surface area (Å²) in [6.07, 6.45) is 1.24. The minimum absolute atomic E-state index is 0.675. The predicted molar refractivity (Wildman–Crippen MR) is 65.3 cm³/mol. The van der Waals surface area contributed by atoms with E-state index in [0.717, 1.165) is 19.0 Å². The summed E-state index contributed by atoms with van der Waals surface area (Å²) in [5.41, 5.74) is 1.33. The lowest BCUT2D eigenvalue weighted by Gasteiger charge is -2.38. The zero-order chi connectivity index (χ0) is 10.7. The van der Waals surface area contributed by atoms with Crippen molar-refractivity contribution < 1.29 is 0 Å². The van der Waals surface area contributed by atoms with Gasteiger partial charge in [-0.15, -0.1) is 0 Å². The van der Waals surface area contributed by atoms with Gasteiger partial charge in [-0.05, 0) is 37.6 Å². The van der Waals surface area contributed by atoms with Crippen molar-refractivity contribution in [1.29, 1.82) is 0 Å². The maximum atomic E-state index is 3.44. The number of hydrogen-bond donors (Lipinski definition) is 1. The largest absolute Gasteiger partial charge is 0.371 e. The number of piperidine rings is 1. The van der Waals surface area contributed by atoms with E-state index in [2.05, 4.69) is 54.5 Å². The van der Waals surface area contributed by atoms with Crippen LogP contribution < -0.4 is 10.2 Å². The molecule has 2 heteroatoms. The van der Waals surface area contributed by atoms with Crippen LogP contribution in [0.15, 0.2) is 30.3 Å². The van der Waals surface area contributed by atoms with Gasteiger partial charge in [0.05, 0.1) is 0 Å². The summed E-state index contributed by atoms with van der Waals surface area (Å²) in [7, 11) is 2.21. The van der Waals surface area contributed by atoms with Gasteiger partial charge in [0.2, 0.25) is 0 Å². The Labute approximate surface area is 92.3 Å². The summed E-state index contributed by atoms with van der Waals surface area (Å²) in [5.74, 6) is 0.726. The van der Waals surface area contributed by atoms with Crippen LogP contribution in [0.5, 0.6) is 0 Å². The first-order chi connectivity index (χ1) is 7.29. The second kappa shape index (κ2) is 4.67. The van der Waals surface area contributed by atoms with E-state index in [1.165, 1.54) is 12.1 Å². The molecule has 0 aliphatic carbocycles. The highest BCUT2D eigenvalue weighted by Gasteiger charge is 2.24. The zero-order valence-corrected chi connectivity index (χ0v) is 9.61. The molecule has 1 N–H and O–H groups in total. The molecule has 15 heavy (non-hydrogen) atoms. The van der Waals surface area contributed by atoms with E-state index in [0.29, 0.717) is 6.04 Å². The topological polar surface area (TPSA) is 15.3 Å². The third-order valence-electron chi connectivity index (χ3n) is 3.40. The molecule has 1 fully saturated rings. The van der Waals surface area contributed by atoms with Gasteiger partial charge in [-0.1, -0.05) is 25.1 Å². The van der Waals surface area contributed by atoms with Crippen molar-refractivity contribution in [2.45, 2.75) is 19.4 Å². The van der Waals surface area contributed by atoms with E-state index in [1.54, 1.807) is 0 Å². The molecule has 0 bridgehead atoms. The molecule has 1 heterocycles. The van der Waals surface area contributed by atoms with Crippen LogP contribution in [0.2, 0.25) is 0 Å². The molecule has 1 aromatic rings. The van der Waals surface area contributed by atoms with E-state index in [1.807, 2.05) is 0 Å². The molecule has 2 atom stereocenters. The fourth-order valence-electron chi connectivity index (χ4n) is 2.43. The van der Waals surface area contributed by atoms with Crippen molar-refractivity contribution >= 4 is 5.69 Å². The Morgan fingerprint density at radius 3 is 2.67 bits per heavy atom. The number of nitrogens with one attached hydrogen (secondary N) is 1. The first kappa shape index (κ1) is 10.5. The van der Waals surface area contributed by atoms with Gasteiger partial charge in [0.1, 0.15) is 0 Å². The van der Waals surface area contributed by atoms with Crippen molar-refractivity contribution in [1.82, 2.24) is 5.32 Å². The minimum Gasteiger partial charge on any atom is -0.371 e. The number of para-hydroxylation sites is 1. The Bertz CT molecular complexity index is 297. The molecule has 2 rings (SSSR count). The molecule has 0 aromatic heterocycles. The third kappa shape index (κ3) is 2.32. The second-order valence-corrected chi connectivity index (χ2v) is 4.48. The molecule has 0 spiro atoms. The van der Waals surface area contributed by atoms with E-state index in [9.17, 15) is 0 Å². The maximum Gasteiger partial charge on any atom is 0.0366 e. The Morgan fingerprint density at radius 1 is 1.27 bits per heavy atom. The first-order valence-electron chi connectivity index (χ1n) is 5.77. The molecule has 0 saturated carbocycles. The average molecular weight is 204 g/mol. The molecule has 1 aliphatic heterocycles. The van der Waals surface area contributed by atoms with Crippen molar-refractivity contribution in [3.05, 3.63) is 30.3 Å². The first-order valence-corrected chi connectivity index (χ1v) is 5.77. The molecule has 1 saturated heterocycles. The van der Waals surface area contributed by atoms with Gasteiger partial charge >= 0.3 is 0 Å². The van der Waals surface area contributed by atoms with Crippen molar-refractivity contribution in [2.75, 3.05) is 25.0 Å². The molecule has 2 nitrogen and oxygen atoms in total. The standard InChI is InChI=1S/C13H20N2/c1-11-10-14-9-8-13(11)15(2)12-6-4-3-5-7-12/h3-7,11,13-14H,8-10H2,1-2H3. The van der Waals surface area contributed by atoms with Gasteiger partial charge in [-0.3, -0.25) is 0 Å². The van der Waals surface area contributed by atoms with Crippen molar-refractivity contribution in [2.24, 2.45) is 5.92 Å². The predicted octanol–water partition coefficient (Wildman–Crippen LogP) is 2.12. The molecule has 0 amide bonds. The highest BCUT2D eigenvalue weighted by Crippen LogP contribution is 2.22. The van der Waals surface area contributed by atoms with Crippen LogP contribution in [0.4, 0.5) is 5.69 Å². The normalized spacial score (nSPS) is 26.3. The number of rotatable bonds is 2. The Morgan fingerprint density at radius 2 is 2.00 bits per heavy atom.